The van der Waals surface area contributed by atoms with Crippen LogP contribution in [0.15, 0.2) is 59.8 Å². The molecule has 0 bridgehead atoms. The van der Waals surface area contributed by atoms with Crippen molar-refractivity contribution in [2.24, 2.45) is 5.16 Å². The highest BCUT2D eigenvalue weighted by Gasteiger charge is 2.14. The summed E-state index contributed by atoms with van der Waals surface area (Å²) in [6.07, 6.45) is 0. The van der Waals surface area contributed by atoms with Gasteiger partial charge in [0.1, 0.15) is 0 Å². The first-order chi connectivity index (χ1) is 9.18. The highest BCUT2D eigenvalue weighted by molar-refractivity contribution is 6.01. The van der Waals surface area contributed by atoms with Crippen LogP contribution in [0.2, 0.25) is 0 Å². The Bertz CT molecular complexity index is 609. The fraction of sp³-hybridized carbons (Fsp3) is 0.0714. The molecule has 0 fully saturated rings. The molecular weight excluding hydrogens is 244 g/mol. The minimum Gasteiger partial charge on any atom is -0.357 e. The molecule has 0 aromatic heterocycles. The van der Waals surface area contributed by atoms with Gasteiger partial charge in [0.2, 0.25) is 0 Å². The lowest BCUT2D eigenvalue weighted by Gasteiger charge is -2.02. The van der Waals surface area contributed by atoms with Crippen molar-refractivity contribution >= 4 is 11.4 Å². The number of hydrogen-bond acceptors (Lipinski definition) is 4. The smallest absolute Gasteiger partial charge is 0.278 e. The van der Waals surface area contributed by atoms with E-state index < -0.39 is 4.92 Å². The summed E-state index contributed by atoms with van der Waals surface area (Å²) in [5, 5.41) is 14.8. The van der Waals surface area contributed by atoms with Crippen molar-refractivity contribution in [3.8, 4) is 5.75 Å². The molecule has 19 heavy (non-hydrogen) atoms. The Morgan fingerprint density at radius 1 is 1.11 bits per heavy atom. The van der Waals surface area contributed by atoms with Crippen LogP contribution >= 0.6 is 0 Å². The lowest BCUT2D eigenvalue weighted by molar-refractivity contribution is -0.385. The van der Waals surface area contributed by atoms with E-state index in [0.717, 1.165) is 0 Å². The second-order valence-electron chi connectivity index (χ2n) is 3.86. The number of nitro benzene ring substituents is 1. The van der Waals surface area contributed by atoms with Crippen molar-refractivity contribution in [1.29, 1.82) is 0 Å². The fourth-order valence-electron chi connectivity index (χ4n) is 1.59. The highest BCUT2D eigenvalue weighted by atomic mass is 16.6. The van der Waals surface area contributed by atoms with E-state index in [-0.39, 0.29) is 5.69 Å². The van der Waals surface area contributed by atoms with Gasteiger partial charge in [-0.05, 0) is 25.1 Å². The van der Waals surface area contributed by atoms with E-state index in [1.165, 1.54) is 6.07 Å². The van der Waals surface area contributed by atoms with E-state index >= 15 is 0 Å². The van der Waals surface area contributed by atoms with Gasteiger partial charge in [0.25, 0.3) is 5.69 Å². The summed E-state index contributed by atoms with van der Waals surface area (Å²) in [6.45, 7) is 1.67. The maximum atomic E-state index is 10.9. The second kappa shape index (κ2) is 5.77. The summed E-state index contributed by atoms with van der Waals surface area (Å²) in [7, 11) is 0. The van der Waals surface area contributed by atoms with Gasteiger partial charge in [0.15, 0.2) is 5.75 Å². The summed E-state index contributed by atoms with van der Waals surface area (Å²) in [6, 6.07) is 15.5. The standard InChI is InChI=1S/C14H12N2O3/c1-11(15-19-12-7-3-2-4-8-12)13-9-5-6-10-14(13)16(17)18/h2-10H,1H3/b15-11+. The van der Waals surface area contributed by atoms with Crippen LogP contribution in [-0.4, -0.2) is 10.6 Å². The lowest BCUT2D eigenvalue weighted by atomic mass is 10.1. The highest BCUT2D eigenvalue weighted by Crippen LogP contribution is 2.19. The molecule has 0 radical (unpaired) electrons. The minimum absolute atomic E-state index is 0.0143. The van der Waals surface area contributed by atoms with Crippen molar-refractivity contribution < 1.29 is 9.76 Å². The van der Waals surface area contributed by atoms with Crippen LogP contribution in [0.3, 0.4) is 0 Å². The van der Waals surface area contributed by atoms with Gasteiger partial charge in [-0.1, -0.05) is 35.5 Å². The minimum atomic E-state index is -0.434. The molecule has 0 saturated carbocycles. The molecule has 5 heteroatoms. The number of oxime groups is 1. The van der Waals surface area contributed by atoms with Crippen molar-refractivity contribution in [2.45, 2.75) is 6.92 Å². The molecule has 2 rings (SSSR count). The number of nitrogens with zero attached hydrogens (tertiary/aromatic N) is 2. The fourth-order valence-corrected chi connectivity index (χ4v) is 1.59. The maximum absolute atomic E-state index is 10.9. The molecule has 2 aromatic rings. The monoisotopic (exact) mass is 256 g/mol. The van der Waals surface area contributed by atoms with Gasteiger partial charge < -0.3 is 4.84 Å². The van der Waals surface area contributed by atoms with E-state index in [4.69, 9.17) is 4.84 Å². The van der Waals surface area contributed by atoms with Crippen LogP contribution in [0, 0.1) is 10.1 Å². The van der Waals surface area contributed by atoms with E-state index in [1.54, 1.807) is 37.3 Å². The normalized spacial score (nSPS) is 11.1. The molecular formula is C14H12N2O3. The number of hydrogen-bond donors (Lipinski definition) is 0. The SMILES string of the molecule is C/C(=N\Oc1ccccc1)c1ccccc1[N+](=O)[O-]. The van der Waals surface area contributed by atoms with Crippen LogP contribution in [0.1, 0.15) is 12.5 Å². The van der Waals surface area contributed by atoms with Crippen molar-refractivity contribution in [1.82, 2.24) is 0 Å². The first-order valence-corrected chi connectivity index (χ1v) is 5.69. The first-order valence-electron chi connectivity index (χ1n) is 5.69. The molecule has 0 amide bonds. The predicted octanol–water partition coefficient (Wildman–Crippen LogP) is 3.40. The average Bonchev–Trinajstić information content (AvgIpc) is 2.46. The Hall–Kier alpha value is -2.69. The topological polar surface area (TPSA) is 64.7 Å². The summed E-state index contributed by atoms with van der Waals surface area (Å²) in [5.74, 6) is 0.584. The first kappa shape index (κ1) is 12.8. The molecule has 2 aromatic carbocycles. The summed E-state index contributed by atoms with van der Waals surface area (Å²) >= 11 is 0. The number of para-hydroxylation sites is 2. The third-order valence-corrected chi connectivity index (χ3v) is 2.52. The predicted molar refractivity (Wildman–Crippen MR) is 72.4 cm³/mol. The van der Waals surface area contributed by atoms with Gasteiger partial charge in [-0.3, -0.25) is 10.1 Å². The van der Waals surface area contributed by atoms with E-state index in [9.17, 15) is 10.1 Å². The Morgan fingerprint density at radius 3 is 2.42 bits per heavy atom. The Labute approximate surface area is 110 Å². The van der Waals surface area contributed by atoms with Crippen LogP contribution < -0.4 is 4.84 Å². The van der Waals surface area contributed by atoms with Crippen LogP contribution in [0.25, 0.3) is 0 Å². The molecule has 0 spiro atoms. The zero-order chi connectivity index (χ0) is 13.7. The van der Waals surface area contributed by atoms with Crippen LogP contribution in [0.4, 0.5) is 5.69 Å². The zero-order valence-corrected chi connectivity index (χ0v) is 10.3. The largest absolute Gasteiger partial charge is 0.357 e. The van der Waals surface area contributed by atoms with E-state index in [0.29, 0.717) is 17.0 Å². The molecule has 0 aliphatic rings. The Morgan fingerprint density at radius 2 is 1.74 bits per heavy atom. The van der Waals surface area contributed by atoms with Gasteiger partial charge in [-0.2, -0.15) is 0 Å². The van der Waals surface area contributed by atoms with E-state index in [2.05, 4.69) is 5.16 Å². The second-order valence-corrected chi connectivity index (χ2v) is 3.86. The molecule has 0 aliphatic heterocycles. The lowest BCUT2D eigenvalue weighted by Crippen LogP contribution is -2.02. The van der Waals surface area contributed by atoms with Crippen LogP contribution in [0.5, 0.6) is 5.75 Å². The summed E-state index contributed by atoms with van der Waals surface area (Å²) in [4.78, 5) is 15.7. The van der Waals surface area contributed by atoms with Crippen molar-refractivity contribution in [3.63, 3.8) is 0 Å². The number of rotatable bonds is 4. The molecule has 0 aliphatic carbocycles. The average molecular weight is 256 g/mol. The van der Waals surface area contributed by atoms with Gasteiger partial charge in [-0.25, -0.2) is 0 Å². The maximum Gasteiger partial charge on any atom is 0.278 e. The Balaban J connectivity index is 2.24. The van der Waals surface area contributed by atoms with Crippen molar-refractivity contribution in [2.75, 3.05) is 0 Å². The summed E-state index contributed by atoms with van der Waals surface area (Å²) in [5.41, 5.74) is 0.917. The zero-order valence-electron chi connectivity index (χ0n) is 10.3. The Kier molecular flexibility index (Phi) is 3.87. The molecule has 0 atom stereocenters. The van der Waals surface area contributed by atoms with Crippen molar-refractivity contribution in [3.05, 3.63) is 70.3 Å². The summed E-state index contributed by atoms with van der Waals surface area (Å²) < 4.78 is 0. The molecule has 0 saturated heterocycles. The van der Waals surface area contributed by atoms with E-state index in [1.807, 2.05) is 18.2 Å². The molecule has 0 unspecified atom stereocenters. The van der Waals surface area contributed by atoms with Gasteiger partial charge in [0, 0.05) is 6.07 Å². The molecule has 0 heterocycles. The third kappa shape index (κ3) is 3.16. The molecule has 96 valence electrons. The number of nitro groups is 1. The number of benzene rings is 2. The van der Waals surface area contributed by atoms with Crippen LogP contribution in [-0.2, 0) is 0 Å². The van der Waals surface area contributed by atoms with Gasteiger partial charge >= 0.3 is 0 Å². The van der Waals surface area contributed by atoms with Gasteiger partial charge in [0.05, 0.1) is 16.2 Å². The quantitative estimate of drug-likeness (QED) is 0.478. The third-order valence-electron chi connectivity index (χ3n) is 2.52. The molecule has 5 nitrogen and oxygen atoms in total. The molecule has 0 N–H and O–H groups in total. The van der Waals surface area contributed by atoms with Gasteiger partial charge in [-0.15, -0.1) is 0 Å².